The second kappa shape index (κ2) is 10.2. The minimum Gasteiger partial charge on any atom is -0.321 e. The number of nitrogens with one attached hydrogen (secondary N) is 1. The molecule has 37 heavy (non-hydrogen) atoms. The Morgan fingerprint density at radius 1 is 0.973 bits per heavy atom. The zero-order valence-electron chi connectivity index (χ0n) is 21.9. The quantitative estimate of drug-likeness (QED) is 0.392. The number of tetrazole rings is 1. The van der Waals surface area contributed by atoms with E-state index in [0.717, 1.165) is 78.6 Å². The highest BCUT2D eigenvalue weighted by Crippen LogP contribution is 2.36. The Bertz CT molecular complexity index is 1430. The lowest BCUT2D eigenvalue weighted by Crippen LogP contribution is -2.41. The van der Waals surface area contributed by atoms with Crippen molar-refractivity contribution in [3.05, 3.63) is 87.0 Å². The highest BCUT2D eigenvalue weighted by atomic mass is 16.1. The first-order valence-electron chi connectivity index (χ1n) is 13.8. The van der Waals surface area contributed by atoms with Gasteiger partial charge in [-0.3, -0.25) is 9.69 Å². The van der Waals surface area contributed by atoms with E-state index in [4.69, 9.17) is 0 Å². The number of rotatable bonds is 6. The van der Waals surface area contributed by atoms with Crippen LogP contribution < -0.4 is 5.56 Å². The van der Waals surface area contributed by atoms with Crippen LogP contribution in [0.1, 0.15) is 78.7 Å². The van der Waals surface area contributed by atoms with Crippen LogP contribution in [0.5, 0.6) is 0 Å². The average molecular weight is 497 g/mol. The summed E-state index contributed by atoms with van der Waals surface area (Å²) in [6.07, 6.45) is 7.89. The van der Waals surface area contributed by atoms with Crippen LogP contribution in [0, 0.1) is 19.8 Å². The Hall–Kier alpha value is -3.32. The van der Waals surface area contributed by atoms with Crippen molar-refractivity contribution in [2.24, 2.45) is 5.92 Å². The molecule has 7 nitrogen and oxygen atoms in total. The van der Waals surface area contributed by atoms with Gasteiger partial charge in [0.1, 0.15) is 6.04 Å². The van der Waals surface area contributed by atoms with Gasteiger partial charge < -0.3 is 4.98 Å². The van der Waals surface area contributed by atoms with Crippen LogP contribution in [0.3, 0.4) is 0 Å². The molecule has 0 radical (unpaired) electrons. The summed E-state index contributed by atoms with van der Waals surface area (Å²) >= 11 is 0. The number of piperidine rings is 1. The van der Waals surface area contributed by atoms with Crippen LogP contribution in [-0.2, 0) is 6.42 Å². The maximum absolute atomic E-state index is 13.7. The third kappa shape index (κ3) is 4.73. The third-order valence-corrected chi connectivity index (χ3v) is 8.58. The molecular weight excluding hydrogens is 460 g/mol. The predicted molar refractivity (Wildman–Crippen MR) is 146 cm³/mol. The Morgan fingerprint density at radius 2 is 1.70 bits per heavy atom. The minimum atomic E-state index is -0.263. The SMILES string of the molecule is Cc1ccc(C)c2[nH]c(=O)c([C@H](c3nnnn3C3CCCC3)N3CCC(Cc4ccccc4)CC3)cc12. The van der Waals surface area contributed by atoms with Crippen molar-refractivity contribution in [1.29, 1.82) is 0 Å². The van der Waals surface area contributed by atoms with E-state index in [1.807, 2.05) is 11.6 Å². The molecule has 0 amide bonds. The normalized spacial score (nSPS) is 18.5. The molecular formula is C30H36N6O. The van der Waals surface area contributed by atoms with Crippen LogP contribution >= 0.6 is 0 Å². The molecule has 2 fully saturated rings. The van der Waals surface area contributed by atoms with Gasteiger partial charge in [0.2, 0.25) is 0 Å². The number of benzene rings is 2. The van der Waals surface area contributed by atoms with E-state index >= 15 is 0 Å². The highest BCUT2D eigenvalue weighted by Gasteiger charge is 2.35. The van der Waals surface area contributed by atoms with Crippen molar-refractivity contribution in [1.82, 2.24) is 30.1 Å². The largest absolute Gasteiger partial charge is 0.321 e. The molecule has 7 heteroatoms. The number of aromatic amines is 1. The van der Waals surface area contributed by atoms with Crippen LogP contribution in [0.25, 0.3) is 10.9 Å². The second-order valence-electron chi connectivity index (χ2n) is 11.0. The Morgan fingerprint density at radius 3 is 2.46 bits per heavy atom. The van der Waals surface area contributed by atoms with Crippen LogP contribution in [-0.4, -0.2) is 43.2 Å². The molecule has 3 heterocycles. The third-order valence-electron chi connectivity index (χ3n) is 8.58. The van der Waals surface area contributed by atoms with Gasteiger partial charge in [-0.25, -0.2) is 4.68 Å². The number of hydrogen-bond donors (Lipinski definition) is 1. The minimum absolute atomic E-state index is 0.0430. The van der Waals surface area contributed by atoms with Gasteiger partial charge >= 0.3 is 0 Å². The van der Waals surface area contributed by atoms with E-state index < -0.39 is 0 Å². The smallest absolute Gasteiger partial charge is 0.253 e. The number of aryl methyl sites for hydroxylation is 2. The van der Waals surface area contributed by atoms with E-state index in [9.17, 15) is 4.79 Å². The summed E-state index contributed by atoms with van der Waals surface area (Å²) in [5.74, 6) is 1.45. The first-order chi connectivity index (χ1) is 18.1. The molecule has 1 aliphatic carbocycles. The first kappa shape index (κ1) is 24.0. The van der Waals surface area contributed by atoms with Crippen molar-refractivity contribution in [3.63, 3.8) is 0 Å². The Balaban J connectivity index is 1.37. The summed E-state index contributed by atoms with van der Waals surface area (Å²) in [5.41, 5.74) is 5.27. The molecule has 0 unspecified atom stereocenters. The fourth-order valence-electron chi connectivity index (χ4n) is 6.45. The van der Waals surface area contributed by atoms with Crippen molar-refractivity contribution in [3.8, 4) is 0 Å². The average Bonchev–Trinajstić information content (AvgIpc) is 3.61. The number of likely N-dealkylation sites (tertiary alicyclic amines) is 1. The molecule has 1 atom stereocenters. The zero-order chi connectivity index (χ0) is 25.4. The molecule has 1 saturated heterocycles. The number of H-pyrrole nitrogens is 1. The Labute approximate surface area is 217 Å². The second-order valence-corrected chi connectivity index (χ2v) is 11.0. The van der Waals surface area contributed by atoms with E-state index in [-0.39, 0.29) is 11.6 Å². The maximum atomic E-state index is 13.7. The maximum Gasteiger partial charge on any atom is 0.253 e. The first-order valence-corrected chi connectivity index (χ1v) is 13.8. The highest BCUT2D eigenvalue weighted by molar-refractivity contribution is 5.85. The fraction of sp³-hybridized carbons (Fsp3) is 0.467. The van der Waals surface area contributed by atoms with Crippen molar-refractivity contribution in [2.45, 2.75) is 70.9 Å². The molecule has 1 saturated carbocycles. The topological polar surface area (TPSA) is 79.7 Å². The molecule has 2 aliphatic rings. The summed E-state index contributed by atoms with van der Waals surface area (Å²) < 4.78 is 2.03. The van der Waals surface area contributed by atoms with Gasteiger partial charge in [0.05, 0.1) is 11.6 Å². The molecule has 0 spiro atoms. The number of fused-ring (bicyclic) bond motifs is 1. The van der Waals surface area contributed by atoms with E-state index in [2.05, 4.69) is 80.9 Å². The number of hydrogen-bond acceptors (Lipinski definition) is 5. The summed E-state index contributed by atoms with van der Waals surface area (Å²) in [7, 11) is 0. The molecule has 192 valence electrons. The van der Waals surface area contributed by atoms with Gasteiger partial charge in [-0.1, -0.05) is 55.3 Å². The van der Waals surface area contributed by atoms with Crippen LogP contribution in [0.15, 0.2) is 53.3 Å². The fourth-order valence-corrected chi connectivity index (χ4v) is 6.45. The number of aromatic nitrogens is 5. The summed E-state index contributed by atoms with van der Waals surface area (Å²) in [6.45, 7) is 6.00. The van der Waals surface area contributed by atoms with Gasteiger partial charge in [-0.05, 0) is 98.1 Å². The summed E-state index contributed by atoms with van der Waals surface area (Å²) in [6, 6.07) is 17.1. The molecule has 0 bridgehead atoms. The van der Waals surface area contributed by atoms with Crippen molar-refractivity contribution >= 4 is 10.9 Å². The standard InChI is InChI=1S/C30H36N6O/c1-20-12-13-21(2)27-25(20)19-26(30(37)31-27)28(29-32-33-34-36(29)24-10-6-7-11-24)35-16-14-23(15-17-35)18-22-8-4-3-5-9-22/h3-5,8-9,12-13,19,23-24,28H,6-7,10-11,14-18H2,1-2H3,(H,31,37)/t28-/m1/s1. The summed E-state index contributed by atoms with van der Waals surface area (Å²) in [5, 5.41) is 14.2. The number of pyridine rings is 1. The van der Waals surface area contributed by atoms with Crippen molar-refractivity contribution < 1.29 is 0 Å². The van der Waals surface area contributed by atoms with Gasteiger partial charge in [0.15, 0.2) is 5.82 Å². The lowest BCUT2D eigenvalue weighted by atomic mass is 9.88. The molecule has 1 aliphatic heterocycles. The van der Waals surface area contributed by atoms with Crippen molar-refractivity contribution in [2.75, 3.05) is 13.1 Å². The molecule has 2 aromatic carbocycles. The molecule has 1 N–H and O–H groups in total. The lowest BCUT2D eigenvalue weighted by Gasteiger charge is -2.37. The van der Waals surface area contributed by atoms with Crippen LogP contribution in [0.4, 0.5) is 0 Å². The predicted octanol–water partition coefficient (Wildman–Crippen LogP) is 5.29. The lowest BCUT2D eigenvalue weighted by molar-refractivity contribution is 0.141. The van der Waals surface area contributed by atoms with E-state index in [0.29, 0.717) is 12.0 Å². The monoisotopic (exact) mass is 496 g/mol. The number of nitrogens with zero attached hydrogens (tertiary/aromatic N) is 5. The Kier molecular flexibility index (Phi) is 6.63. The van der Waals surface area contributed by atoms with Gasteiger partial charge in [-0.15, -0.1) is 5.10 Å². The van der Waals surface area contributed by atoms with Gasteiger partial charge in [0, 0.05) is 10.9 Å². The van der Waals surface area contributed by atoms with Gasteiger partial charge in [0.25, 0.3) is 5.56 Å². The van der Waals surface area contributed by atoms with Crippen LogP contribution in [0.2, 0.25) is 0 Å². The summed E-state index contributed by atoms with van der Waals surface area (Å²) in [4.78, 5) is 19.3. The molecule has 6 rings (SSSR count). The molecule has 4 aromatic rings. The zero-order valence-corrected chi connectivity index (χ0v) is 21.9. The van der Waals surface area contributed by atoms with Gasteiger partial charge in [-0.2, -0.15) is 0 Å². The molecule has 2 aromatic heterocycles. The van der Waals surface area contributed by atoms with E-state index in [1.165, 1.54) is 18.4 Å². The van der Waals surface area contributed by atoms with E-state index in [1.54, 1.807) is 0 Å².